The van der Waals surface area contributed by atoms with Crippen molar-refractivity contribution in [2.45, 2.75) is 4.90 Å². The third-order valence-electron chi connectivity index (χ3n) is 4.59. The SMILES string of the molecule is O=C(Nc1cccc(-c2nccs2)c1)c1cc(S(=O)(=O)N2CCOCC2)ccc1F. The zero-order chi connectivity index (χ0) is 21.1. The maximum atomic E-state index is 14.4. The fourth-order valence-electron chi connectivity index (χ4n) is 3.07. The summed E-state index contributed by atoms with van der Waals surface area (Å²) >= 11 is 1.46. The van der Waals surface area contributed by atoms with Crippen LogP contribution in [0.25, 0.3) is 10.6 Å². The number of amides is 1. The van der Waals surface area contributed by atoms with E-state index in [4.69, 9.17) is 4.74 Å². The second kappa shape index (κ2) is 8.60. The molecule has 30 heavy (non-hydrogen) atoms. The lowest BCUT2D eigenvalue weighted by atomic mass is 10.1. The van der Waals surface area contributed by atoms with Gasteiger partial charge in [-0.3, -0.25) is 4.79 Å². The van der Waals surface area contributed by atoms with Gasteiger partial charge in [-0.2, -0.15) is 4.31 Å². The summed E-state index contributed by atoms with van der Waals surface area (Å²) in [5, 5.41) is 5.26. The van der Waals surface area contributed by atoms with Crippen LogP contribution in [-0.4, -0.2) is 49.9 Å². The van der Waals surface area contributed by atoms with E-state index in [9.17, 15) is 17.6 Å². The van der Waals surface area contributed by atoms with Gasteiger partial charge in [0.25, 0.3) is 5.91 Å². The smallest absolute Gasteiger partial charge is 0.258 e. The van der Waals surface area contributed by atoms with E-state index in [1.165, 1.54) is 21.7 Å². The number of sulfonamides is 1. The number of anilines is 1. The Kier molecular flexibility index (Phi) is 5.91. The second-order valence-electron chi connectivity index (χ2n) is 6.53. The Balaban J connectivity index is 1.59. The van der Waals surface area contributed by atoms with Gasteiger partial charge in [-0.05, 0) is 30.3 Å². The molecule has 0 saturated carbocycles. The molecule has 0 radical (unpaired) electrons. The van der Waals surface area contributed by atoms with Crippen LogP contribution >= 0.6 is 11.3 Å². The number of hydrogen-bond donors (Lipinski definition) is 1. The molecule has 3 aromatic rings. The normalized spacial score (nSPS) is 15.1. The Bertz CT molecular complexity index is 1160. The van der Waals surface area contributed by atoms with Crippen LogP contribution in [0.1, 0.15) is 10.4 Å². The van der Waals surface area contributed by atoms with E-state index in [0.29, 0.717) is 18.9 Å². The predicted octanol–water partition coefficient (Wildman–Crippen LogP) is 3.22. The molecular weight excluding hydrogens is 429 g/mol. The van der Waals surface area contributed by atoms with Crippen LogP contribution in [0.15, 0.2) is 58.9 Å². The van der Waals surface area contributed by atoms with Crippen LogP contribution in [0.4, 0.5) is 10.1 Å². The molecule has 1 N–H and O–H groups in total. The Morgan fingerprint density at radius 2 is 1.97 bits per heavy atom. The van der Waals surface area contributed by atoms with Gasteiger partial charge in [0.1, 0.15) is 10.8 Å². The number of nitrogens with zero attached hydrogens (tertiary/aromatic N) is 2. The molecule has 1 aliphatic heterocycles. The molecule has 1 amide bonds. The minimum atomic E-state index is -3.84. The number of rotatable bonds is 5. The van der Waals surface area contributed by atoms with Crippen molar-refractivity contribution in [1.82, 2.24) is 9.29 Å². The number of morpholine rings is 1. The summed E-state index contributed by atoms with van der Waals surface area (Å²) in [6.07, 6.45) is 1.68. The average Bonchev–Trinajstić information content (AvgIpc) is 3.30. The van der Waals surface area contributed by atoms with Crippen molar-refractivity contribution in [2.24, 2.45) is 0 Å². The van der Waals surface area contributed by atoms with E-state index in [2.05, 4.69) is 10.3 Å². The van der Waals surface area contributed by atoms with Crippen molar-refractivity contribution >= 4 is 33.0 Å². The summed E-state index contributed by atoms with van der Waals surface area (Å²) in [5.74, 6) is -1.53. The maximum absolute atomic E-state index is 14.4. The third-order valence-corrected chi connectivity index (χ3v) is 7.31. The predicted molar refractivity (Wildman–Crippen MR) is 111 cm³/mol. The summed E-state index contributed by atoms with van der Waals surface area (Å²) in [7, 11) is -3.84. The second-order valence-corrected chi connectivity index (χ2v) is 9.36. The van der Waals surface area contributed by atoms with Gasteiger partial charge in [-0.1, -0.05) is 12.1 Å². The molecule has 1 fully saturated rings. The zero-order valence-electron chi connectivity index (χ0n) is 15.7. The Hall–Kier alpha value is -2.66. The summed E-state index contributed by atoms with van der Waals surface area (Å²) in [4.78, 5) is 16.8. The lowest BCUT2D eigenvalue weighted by Crippen LogP contribution is -2.40. The van der Waals surface area contributed by atoms with Gasteiger partial charge < -0.3 is 10.1 Å². The van der Waals surface area contributed by atoms with Crippen LogP contribution in [0.3, 0.4) is 0 Å². The van der Waals surface area contributed by atoms with Crippen molar-refractivity contribution < 1.29 is 22.3 Å². The lowest BCUT2D eigenvalue weighted by Gasteiger charge is -2.26. The number of ether oxygens (including phenoxy) is 1. The van der Waals surface area contributed by atoms with Gasteiger partial charge in [0, 0.05) is 35.9 Å². The Morgan fingerprint density at radius 3 is 2.70 bits per heavy atom. The van der Waals surface area contributed by atoms with Gasteiger partial charge in [-0.25, -0.2) is 17.8 Å². The number of aromatic nitrogens is 1. The molecule has 1 aromatic heterocycles. The van der Waals surface area contributed by atoms with Gasteiger partial charge in [0.05, 0.1) is 23.7 Å². The van der Waals surface area contributed by atoms with Gasteiger partial charge in [0.15, 0.2) is 0 Å². The Morgan fingerprint density at radius 1 is 1.17 bits per heavy atom. The lowest BCUT2D eigenvalue weighted by molar-refractivity contribution is 0.0730. The number of benzene rings is 2. The average molecular weight is 448 g/mol. The van der Waals surface area contributed by atoms with E-state index >= 15 is 0 Å². The maximum Gasteiger partial charge on any atom is 0.258 e. The highest BCUT2D eigenvalue weighted by molar-refractivity contribution is 7.89. The van der Waals surface area contributed by atoms with E-state index in [1.54, 1.807) is 24.4 Å². The zero-order valence-corrected chi connectivity index (χ0v) is 17.4. The van der Waals surface area contributed by atoms with Crippen molar-refractivity contribution in [3.8, 4) is 10.6 Å². The highest BCUT2D eigenvalue weighted by Gasteiger charge is 2.28. The summed E-state index contributed by atoms with van der Waals surface area (Å²) < 4.78 is 46.4. The minimum Gasteiger partial charge on any atom is -0.379 e. The van der Waals surface area contributed by atoms with Gasteiger partial charge >= 0.3 is 0 Å². The molecule has 4 rings (SSSR count). The molecule has 156 valence electrons. The van der Waals surface area contributed by atoms with Crippen LogP contribution < -0.4 is 5.32 Å². The van der Waals surface area contributed by atoms with Gasteiger partial charge in [-0.15, -0.1) is 11.3 Å². The topological polar surface area (TPSA) is 88.6 Å². The number of nitrogens with one attached hydrogen (secondary N) is 1. The first kappa shape index (κ1) is 20.6. The highest BCUT2D eigenvalue weighted by Crippen LogP contribution is 2.25. The van der Waals surface area contributed by atoms with Crippen LogP contribution in [0, 0.1) is 5.82 Å². The Labute approximate surface area is 177 Å². The summed E-state index contributed by atoms with van der Waals surface area (Å²) in [6, 6.07) is 10.2. The number of carbonyl (C=O) groups excluding carboxylic acids is 1. The fourth-order valence-corrected chi connectivity index (χ4v) is 5.14. The van der Waals surface area contributed by atoms with E-state index in [1.807, 2.05) is 11.4 Å². The van der Waals surface area contributed by atoms with E-state index in [-0.39, 0.29) is 23.5 Å². The molecule has 2 heterocycles. The largest absolute Gasteiger partial charge is 0.379 e. The molecule has 2 aromatic carbocycles. The number of thiazole rings is 1. The summed E-state index contributed by atoms with van der Waals surface area (Å²) in [5.41, 5.74) is 0.921. The molecule has 0 atom stereocenters. The van der Waals surface area contributed by atoms with Crippen molar-refractivity contribution in [2.75, 3.05) is 31.6 Å². The van der Waals surface area contributed by atoms with Crippen molar-refractivity contribution in [3.05, 3.63) is 65.4 Å². The number of halogens is 1. The molecule has 0 spiro atoms. The standard InChI is InChI=1S/C20H18FN3O4S2/c21-18-5-4-16(30(26,27)24-7-9-28-10-8-24)13-17(18)19(25)23-15-3-1-2-14(12-15)20-22-6-11-29-20/h1-6,11-13H,7-10H2,(H,23,25). The van der Waals surface area contributed by atoms with E-state index < -0.39 is 21.7 Å². The molecule has 0 unspecified atom stereocenters. The molecule has 1 saturated heterocycles. The van der Waals surface area contributed by atoms with Crippen LogP contribution in [0.2, 0.25) is 0 Å². The highest BCUT2D eigenvalue weighted by atomic mass is 32.2. The monoisotopic (exact) mass is 447 g/mol. The first-order valence-corrected chi connectivity index (χ1v) is 11.5. The van der Waals surface area contributed by atoms with Crippen molar-refractivity contribution in [1.29, 1.82) is 0 Å². The van der Waals surface area contributed by atoms with Crippen LogP contribution in [0.5, 0.6) is 0 Å². The first-order chi connectivity index (χ1) is 14.4. The molecule has 7 nitrogen and oxygen atoms in total. The van der Waals surface area contributed by atoms with Crippen LogP contribution in [-0.2, 0) is 14.8 Å². The fraction of sp³-hybridized carbons (Fsp3) is 0.200. The number of carbonyl (C=O) groups is 1. The van der Waals surface area contributed by atoms with Crippen molar-refractivity contribution in [3.63, 3.8) is 0 Å². The quantitative estimate of drug-likeness (QED) is 0.649. The number of hydrogen-bond acceptors (Lipinski definition) is 6. The minimum absolute atomic E-state index is 0.132. The first-order valence-electron chi connectivity index (χ1n) is 9.14. The molecule has 0 bridgehead atoms. The van der Waals surface area contributed by atoms with Gasteiger partial charge in [0.2, 0.25) is 10.0 Å². The molecule has 0 aliphatic carbocycles. The molecule has 10 heteroatoms. The molecule has 1 aliphatic rings. The third kappa shape index (κ3) is 4.26. The molecular formula is C20H18FN3O4S2. The van der Waals surface area contributed by atoms with E-state index in [0.717, 1.165) is 22.7 Å². The summed E-state index contributed by atoms with van der Waals surface area (Å²) in [6.45, 7) is 1.02.